The predicted octanol–water partition coefficient (Wildman–Crippen LogP) is -4.21. The van der Waals surface area contributed by atoms with Crippen LogP contribution in [0.3, 0.4) is 0 Å². The van der Waals surface area contributed by atoms with Crippen molar-refractivity contribution in [3.8, 4) is 0 Å². The summed E-state index contributed by atoms with van der Waals surface area (Å²) in [4.78, 5) is 11.5. The average Bonchev–Trinajstić information content (AvgIpc) is 2.66. The van der Waals surface area contributed by atoms with E-state index in [2.05, 4.69) is 5.32 Å². The van der Waals surface area contributed by atoms with Crippen molar-refractivity contribution in [3.05, 3.63) is 0 Å². The Kier molecular flexibility index (Phi) is 8.51. The highest BCUT2D eigenvalue weighted by Gasteiger charge is 2.51. The molecule has 1 amide bonds. The average molecular weight is 411 g/mol. The van der Waals surface area contributed by atoms with Gasteiger partial charge in [0.05, 0.1) is 13.2 Å². The molecule has 0 spiro atoms. The van der Waals surface area contributed by atoms with Crippen LogP contribution in [-0.4, -0.2) is 118 Å². The molecular formula is C16H29NO11. The summed E-state index contributed by atoms with van der Waals surface area (Å²) >= 11 is 0. The van der Waals surface area contributed by atoms with Crippen molar-refractivity contribution >= 4 is 5.91 Å². The van der Waals surface area contributed by atoms with Crippen LogP contribution < -0.4 is 5.32 Å². The van der Waals surface area contributed by atoms with Crippen molar-refractivity contribution in [2.24, 2.45) is 0 Å². The third kappa shape index (κ3) is 4.97. The van der Waals surface area contributed by atoms with E-state index in [9.17, 15) is 35.4 Å². The Morgan fingerprint density at radius 3 is 2.04 bits per heavy atom. The molecule has 2 aliphatic heterocycles. The van der Waals surface area contributed by atoms with E-state index in [0.29, 0.717) is 0 Å². The molecule has 10 atom stereocenters. The van der Waals surface area contributed by atoms with E-state index in [4.69, 9.17) is 18.9 Å². The lowest BCUT2D eigenvalue weighted by Gasteiger charge is -2.47. The summed E-state index contributed by atoms with van der Waals surface area (Å²) in [7, 11) is 0. The first kappa shape index (κ1) is 23.3. The van der Waals surface area contributed by atoms with E-state index in [0.717, 1.165) is 0 Å². The number of nitrogens with one attached hydrogen (secondary N) is 1. The number of hydrogen-bond acceptors (Lipinski definition) is 11. The minimum atomic E-state index is -1.55. The van der Waals surface area contributed by atoms with E-state index in [-0.39, 0.29) is 6.61 Å². The molecule has 0 radical (unpaired) electrons. The van der Waals surface area contributed by atoms with Crippen LogP contribution in [-0.2, 0) is 23.7 Å². The van der Waals surface area contributed by atoms with Gasteiger partial charge < -0.3 is 54.9 Å². The second-order valence-corrected chi connectivity index (χ2v) is 6.70. The Balaban J connectivity index is 2.24. The molecule has 164 valence electrons. The zero-order valence-electron chi connectivity index (χ0n) is 15.6. The number of amides is 1. The van der Waals surface area contributed by atoms with Crippen molar-refractivity contribution in [1.82, 2.24) is 5.32 Å². The lowest BCUT2D eigenvalue weighted by Crippen LogP contribution is -2.67. The predicted molar refractivity (Wildman–Crippen MR) is 89.6 cm³/mol. The van der Waals surface area contributed by atoms with Crippen LogP contribution in [0.5, 0.6) is 0 Å². The molecule has 0 bridgehead atoms. The minimum absolute atomic E-state index is 0.175. The molecule has 12 nitrogen and oxygen atoms in total. The summed E-state index contributed by atoms with van der Waals surface area (Å²) in [6.45, 7) is 1.78. The molecule has 28 heavy (non-hydrogen) atoms. The van der Waals surface area contributed by atoms with Gasteiger partial charge in [0.15, 0.2) is 12.6 Å². The Bertz CT molecular complexity index is 509. The van der Waals surface area contributed by atoms with Crippen molar-refractivity contribution in [2.45, 2.75) is 75.2 Å². The Morgan fingerprint density at radius 1 is 0.929 bits per heavy atom. The summed E-state index contributed by atoms with van der Waals surface area (Å²) in [5.74, 6) is -0.551. The van der Waals surface area contributed by atoms with Gasteiger partial charge in [-0.1, -0.05) is 0 Å². The second kappa shape index (κ2) is 10.2. The highest BCUT2D eigenvalue weighted by Crippen LogP contribution is 2.29. The van der Waals surface area contributed by atoms with Gasteiger partial charge in [-0.3, -0.25) is 4.79 Å². The monoisotopic (exact) mass is 411 g/mol. The molecule has 2 heterocycles. The van der Waals surface area contributed by atoms with Gasteiger partial charge in [-0.25, -0.2) is 0 Å². The lowest BCUT2D eigenvalue weighted by atomic mass is 9.95. The summed E-state index contributed by atoms with van der Waals surface area (Å²) in [6.07, 6.45) is -12.4. The van der Waals surface area contributed by atoms with E-state index in [1.807, 2.05) is 0 Å². The number of ether oxygens (including phenoxy) is 4. The highest BCUT2D eigenvalue weighted by molar-refractivity contribution is 5.73. The van der Waals surface area contributed by atoms with Gasteiger partial charge in [-0.05, 0) is 6.92 Å². The number of hydrogen-bond donors (Lipinski definition) is 7. The fraction of sp³-hybridized carbons (Fsp3) is 0.938. The van der Waals surface area contributed by atoms with Crippen LogP contribution in [0.2, 0.25) is 0 Å². The minimum Gasteiger partial charge on any atom is -0.394 e. The van der Waals surface area contributed by atoms with Crippen molar-refractivity contribution in [2.75, 3.05) is 19.8 Å². The first-order valence-corrected chi connectivity index (χ1v) is 9.04. The van der Waals surface area contributed by atoms with E-state index in [1.54, 1.807) is 6.92 Å². The Hall–Kier alpha value is -0.930. The van der Waals surface area contributed by atoms with Crippen LogP contribution in [0.15, 0.2) is 0 Å². The fourth-order valence-corrected chi connectivity index (χ4v) is 3.26. The van der Waals surface area contributed by atoms with Gasteiger partial charge in [0.1, 0.15) is 48.8 Å². The van der Waals surface area contributed by atoms with Crippen LogP contribution >= 0.6 is 0 Å². The van der Waals surface area contributed by atoms with Gasteiger partial charge in [0.2, 0.25) is 5.91 Å². The smallest absolute Gasteiger partial charge is 0.217 e. The van der Waals surface area contributed by atoms with E-state index >= 15 is 0 Å². The summed E-state index contributed by atoms with van der Waals surface area (Å²) in [6, 6.07) is -1.25. The normalized spacial score (nSPS) is 44.3. The molecule has 2 fully saturated rings. The fourth-order valence-electron chi connectivity index (χ4n) is 3.26. The first-order chi connectivity index (χ1) is 13.2. The molecular weight excluding hydrogens is 382 g/mol. The van der Waals surface area contributed by atoms with Crippen LogP contribution in [0.25, 0.3) is 0 Å². The topological polar surface area (TPSA) is 187 Å². The number of carbonyl (C=O) groups excluding carboxylic acids is 1. The molecule has 7 N–H and O–H groups in total. The lowest BCUT2D eigenvalue weighted by molar-refractivity contribution is -0.347. The molecule has 0 aliphatic carbocycles. The quantitative estimate of drug-likeness (QED) is 0.215. The van der Waals surface area contributed by atoms with Gasteiger partial charge in [-0.15, -0.1) is 0 Å². The molecule has 2 rings (SSSR count). The largest absolute Gasteiger partial charge is 0.394 e. The van der Waals surface area contributed by atoms with Crippen molar-refractivity contribution < 1.29 is 54.4 Å². The molecule has 0 unspecified atom stereocenters. The summed E-state index contributed by atoms with van der Waals surface area (Å²) in [5.41, 5.74) is 0. The molecule has 0 aromatic heterocycles. The third-order valence-corrected chi connectivity index (χ3v) is 4.69. The molecule has 2 saturated heterocycles. The second-order valence-electron chi connectivity index (χ2n) is 6.70. The number of carbonyl (C=O) groups is 1. The molecule has 0 saturated carbocycles. The van der Waals surface area contributed by atoms with Gasteiger partial charge in [0.25, 0.3) is 0 Å². The van der Waals surface area contributed by atoms with Crippen LogP contribution in [0.4, 0.5) is 0 Å². The van der Waals surface area contributed by atoms with Gasteiger partial charge in [-0.2, -0.15) is 0 Å². The van der Waals surface area contributed by atoms with Crippen molar-refractivity contribution in [1.29, 1.82) is 0 Å². The van der Waals surface area contributed by atoms with Crippen molar-refractivity contribution in [3.63, 3.8) is 0 Å². The molecule has 12 heteroatoms. The third-order valence-electron chi connectivity index (χ3n) is 4.69. The highest BCUT2D eigenvalue weighted by atomic mass is 16.7. The van der Waals surface area contributed by atoms with Gasteiger partial charge in [0, 0.05) is 13.5 Å². The zero-order chi connectivity index (χ0) is 21.0. The van der Waals surface area contributed by atoms with E-state index < -0.39 is 80.5 Å². The zero-order valence-corrected chi connectivity index (χ0v) is 15.6. The maximum atomic E-state index is 11.5. The SMILES string of the molecule is CCO[C@@H]1O[C@H](CO)[C@H](O)[C@H](O[C@@H]2O[C@H](CO)[C@@H](O)[C@H](O)[C@H]2NC(C)=O)[C@H]1O. The number of rotatable bonds is 7. The first-order valence-electron chi connectivity index (χ1n) is 9.04. The number of aliphatic hydroxyl groups excluding tert-OH is 6. The van der Waals surface area contributed by atoms with Crippen LogP contribution in [0, 0.1) is 0 Å². The number of aliphatic hydroxyl groups is 6. The maximum Gasteiger partial charge on any atom is 0.217 e. The molecule has 0 aromatic carbocycles. The van der Waals surface area contributed by atoms with E-state index in [1.165, 1.54) is 6.92 Å². The summed E-state index contributed by atoms with van der Waals surface area (Å²) < 4.78 is 21.6. The van der Waals surface area contributed by atoms with Crippen LogP contribution in [0.1, 0.15) is 13.8 Å². The Morgan fingerprint density at radius 2 is 1.50 bits per heavy atom. The molecule has 0 aromatic rings. The molecule has 2 aliphatic rings. The summed E-state index contributed by atoms with van der Waals surface area (Å²) in [5, 5.41) is 62.3. The maximum absolute atomic E-state index is 11.5. The standard InChI is InChI=1S/C16H29NO11/c1-3-25-16-13(24)14(11(22)8(5-19)27-16)28-15-9(17-6(2)20)12(23)10(21)7(4-18)26-15/h7-16,18-19,21-24H,3-5H2,1-2H3,(H,17,20)/t7-,8-,9-,10-,11+,12-,13-,14+,15+,16-/m1/s1. The Labute approximate surface area is 161 Å². The van der Waals surface area contributed by atoms with Gasteiger partial charge >= 0.3 is 0 Å².